The number of terminal acetylenes is 1. The minimum absolute atomic E-state index is 0.821. The Kier molecular flexibility index (Phi) is 9.56. The second-order valence-electron chi connectivity index (χ2n) is 4.83. The Balaban J connectivity index is 0.000000278. The molecule has 0 aliphatic carbocycles. The van der Waals surface area contributed by atoms with Gasteiger partial charge in [0.05, 0.1) is 0 Å². The van der Waals surface area contributed by atoms with E-state index in [0.717, 1.165) is 25.4 Å². The van der Waals surface area contributed by atoms with Gasteiger partial charge in [0, 0.05) is 13.1 Å². The molecule has 0 aromatic heterocycles. The van der Waals surface area contributed by atoms with Gasteiger partial charge in [0.25, 0.3) is 0 Å². The van der Waals surface area contributed by atoms with Crippen molar-refractivity contribution in [3.8, 4) is 12.8 Å². The molecule has 0 saturated carbocycles. The molecule has 0 atom stereocenters. The Morgan fingerprint density at radius 2 is 1.53 bits per heavy atom. The maximum absolute atomic E-state index is 10.2. The van der Waals surface area contributed by atoms with E-state index in [1.54, 1.807) is 0 Å². The van der Waals surface area contributed by atoms with Crippen LogP contribution in [0.2, 0.25) is 0 Å². The maximum atomic E-state index is 10.2. The molecule has 3 heteroatoms. The fourth-order valence-corrected chi connectivity index (χ4v) is 2.01. The Hall–Kier alpha value is -1.01. The smallest absolute Gasteiger partial charge is 0.209 e. The number of hydrogen-bond acceptors (Lipinski definition) is 2. The number of piperidine rings is 1. The molecule has 2 rings (SSSR count). The Morgan fingerprint density at radius 1 is 1.06 bits per heavy atom. The maximum Gasteiger partial charge on any atom is 0.209 e. The first-order valence-corrected chi connectivity index (χ1v) is 6.43. The molecule has 1 amide bonds. The van der Waals surface area contributed by atoms with Crippen LogP contribution in [0.15, 0.2) is 0 Å². The highest BCUT2D eigenvalue weighted by molar-refractivity contribution is 5.46. The zero-order valence-corrected chi connectivity index (χ0v) is 11.3. The number of hydrogen-bond donors (Lipinski definition) is 0. The van der Waals surface area contributed by atoms with E-state index in [-0.39, 0.29) is 0 Å². The Bertz CT molecular complexity index is 202. The van der Waals surface area contributed by atoms with E-state index >= 15 is 0 Å². The molecule has 2 fully saturated rings. The van der Waals surface area contributed by atoms with Crippen LogP contribution in [0, 0.1) is 18.8 Å². The first-order chi connectivity index (χ1) is 8.22. The van der Waals surface area contributed by atoms with Crippen molar-refractivity contribution in [3.63, 3.8) is 0 Å². The Labute approximate surface area is 106 Å². The third-order valence-electron chi connectivity index (χ3n) is 3.30. The van der Waals surface area contributed by atoms with Crippen LogP contribution < -0.4 is 0 Å². The lowest BCUT2D eigenvalue weighted by Gasteiger charge is -2.26. The standard InChI is InChI=1S/C7H13NO.C5H11N.C2H2/c1-7-2-4-8(6-9)5-3-7;1-6-4-2-3-5-6;1-2/h6-7H,2-5H2,1H3;2-5H2,1H3;1-2H. The first kappa shape index (κ1) is 16.0. The molecule has 0 N–H and O–H groups in total. The highest BCUT2D eigenvalue weighted by atomic mass is 16.1. The summed E-state index contributed by atoms with van der Waals surface area (Å²) in [7, 11) is 2.17. The van der Waals surface area contributed by atoms with Gasteiger partial charge in [-0.05, 0) is 51.7 Å². The SMILES string of the molecule is C#C.CC1CCN(C=O)CC1.CN1CCCC1. The van der Waals surface area contributed by atoms with Crippen molar-refractivity contribution in [3.05, 3.63) is 0 Å². The molecule has 2 saturated heterocycles. The summed E-state index contributed by atoms with van der Waals surface area (Å²) in [6, 6.07) is 0. The predicted molar refractivity (Wildman–Crippen MR) is 72.7 cm³/mol. The van der Waals surface area contributed by atoms with Gasteiger partial charge in [-0.15, -0.1) is 12.8 Å². The van der Waals surface area contributed by atoms with Gasteiger partial charge in [-0.1, -0.05) is 6.92 Å². The van der Waals surface area contributed by atoms with Crippen molar-refractivity contribution in [2.75, 3.05) is 33.2 Å². The predicted octanol–water partition coefficient (Wildman–Crippen LogP) is 1.84. The van der Waals surface area contributed by atoms with E-state index < -0.39 is 0 Å². The summed E-state index contributed by atoms with van der Waals surface area (Å²) in [5.41, 5.74) is 0. The summed E-state index contributed by atoms with van der Waals surface area (Å²) >= 11 is 0. The van der Waals surface area contributed by atoms with Gasteiger partial charge in [0.15, 0.2) is 0 Å². The quantitative estimate of drug-likeness (QED) is 0.514. The van der Waals surface area contributed by atoms with Crippen molar-refractivity contribution in [1.29, 1.82) is 0 Å². The van der Waals surface area contributed by atoms with Gasteiger partial charge in [0.2, 0.25) is 6.41 Å². The molecule has 0 bridgehead atoms. The summed E-state index contributed by atoms with van der Waals surface area (Å²) in [5.74, 6) is 0.821. The van der Waals surface area contributed by atoms with E-state index in [4.69, 9.17) is 0 Å². The van der Waals surface area contributed by atoms with E-state index in [0.29, 0.717) is 0 Å². The van der Waals surface area contributed by atoms with Crippen molar-refractivity contribution in [2.24, 2.45) is 5.92 Å². The topological polar surface area (TPSA) is 23.6 Å². The zero-order valence-electron chi connectivity index (χ0n) is 11.3. The highest BCUT2D eigenvalue weighted by Gasteiger charge is 2.12. The van der Waals surface area contributed by atoms with E-state index in [1.165, 1.54) is 38.8 Å². The van der Waals surface area contributed by atoms with Crippen LogP contribution in [0.3, 0.4) is 0 Å². The van der Waals surface area contributed by atoms with Gasteiger partial charge in [-0.2, -0.15) is 0 Å². The molecule has 2 aliphatic heterocycles. The average molecular weight is 238 g/mol. The van der Waals surface area contributed by atoms with Crippen LogP contribution in [0.4, 0.5) is 0 Å². The van der Waals surface area contributed by atoms with Gasteiger partial charge in [-0.3, -0.25) is 4.79 Å². The lowest BCUT2D eigenvalue weighted by Crippen LogP contribution is -2.31. The molecule has 98 valence electrons. The summed E-state index contributed by atoms with van der Waals surface area (Å²) in [4.78, 5) is 14.4. The number of carbonyl (C=O) groups excluding carboxylic acids is 1. The summed E-state index contributed by atoms with van der Waals surface area (Å²) < 4.78 is 0. The van der Waals surface area contributed by atoms with Crippen LogP contribution in [0.5, 0.6) is 0 Å². The highest BCUT2D eigenvalue weighted by Crippen LogP contribution is 2.13. The van der Waals surface area contributed by atoms with Crippen LogP contribution >= 0.6 is 0 Å². The summed E-state index contributed by atoms with van der Waals surface area (Å²) in [5, 5.41) is 0. The third-order valence-corrected chi connectivity index (χ3v) is 3.30. The number of nitrogens with zero attached hydrogens (tertiary/aromatic N) is 2. The van der Waals surface area contributed by atoms with Crippen molar-refractivity contribution in [1.82, 2.24) is 9.80 Å². The lowest BCUT2D eigenvalue weighted by molar-refractivity contribution is -0.119. The van der Waals surface area contributed by atoms with Crippen molar-refractivity contribution >= 4 is 6.41 Å². The van der Waals surface area contributed by atoms with Crippen LogP contribution in [0.25, 0.3) is 0 Å². The second-order valence-corrected chi connectivity index (χ2v) is 4.83. The number of rotatable bonds is 1. The number of amides is 1. The normalized spacial score (nSPS) is 20.8. The molecule has 0 radical (unpaired) electrons. The second kappa shape index (κ2) is 10.2. The summed E-state index contributed by atoms with van der Waals surface area (Å²) in [6.45, 7) is 6.80. The van der Waals surface area contributed by atoms with E-state index in [9.17, 15) is 4.79 Å². The van der Waals surface area contributed by atoms with Crippen LogP contribution in [0.1, 0.15) is 32.6 Å². The minimum atomic E-state index is 0.821. The molecule has 0 aromatic rings. The van der Waals surface area contributed by atoms with E-state index in [2.05, 4.69) is 31.7 Å². The largest absolute Gasteiger partial charge is 0.345 e. The molecule has 0 unspecified atom stereocenters. The number of carbonyl (C=O) groups is 1. The van der Waals surface area contributed by atoms with Crippen molar-refractivity contribution in [2.45, 2.75) is 32.6 Å². The molecular weight excluding hydrogens is 212 g/mol. The minimum Gasteiger partial charge on any atom is -0.345 e. The van der Waals surface area contributed by atoms with Crippen LogP contribution in [-0.2, 0) is 4.79 Å². The van der Waals surface area contributed by atoms with E-state index in [1.807, 2.05) is 4.90 Å². The van der Waals surface area contributed by atoms with Gasteiger partial charge in [0.1, 0.15) is 0 Å². The molecule has 2 aliphatic rings. The molecular formula is C14H26N2O. The number of likely N-dealkylation sites (tertiary alicyclic amines) is 2. The van der Waals surface area contributed by atoms with Gasteiger partial charge >= 0.3 is 0 Å². The zero-order chi connectivity index (χ0) is 13.1. The fourth-order valence-electron chi connectivity index (χ4n) is 2.01. The van der Waals surface area contributed by atoms with Gasteiger partial charge < -0.3 is 9.80 Å². The molecule has 2 heterocycles. The average Bonchev–Trinajstić information content (AvgIpc) is 2.85. The fraction of sp³-hybridized carbons (Fsp3) is 0.786. The van der Waals surface area contributed by atoms with Crippen molar-refractivity contribution < 1.29 is 4.79 Å². The summed E-state index contributed by atoms with van der Waals surface area (Å²) in [6.07, 6.45) is 14.1. The monoisotopic (exact) mass is 238 g/mol. The molecule has 0 aromatic carbocycles. The third kappa shape index (κ3) is 7.82. The molecule has 3 nitrogen and oxygen atoms in total. The van der Waals surface area contributed by atoms with Gasteiger partial charge in [-0.25, -0.2) is 0 Å². The lowest BCUT2D eigenvalue weighted by atomic mass is 10.00. The van der Waals surface area contributed by atoms with Crippen LogP contribution in [-0.4, -0.2) is 49.4 Å². The molecule has 17 heavy (non-hydrogen) atoms. The molecule has 0 spiro atoms. The Morgan fingerprint density at radius 3 is 1.82 bits per heavy atom. The first-order valence-electron chi connectivity index (χ1n) is 6.43.